The Hall–Kier alpha value is -4.51. The number of terminal acetylenes is 2. The molecule has 2 aromatic rings. The molecule has 0 saturated heterocycles. The Balaban J connectivity index is 0.000000511. The average molecular weight is 424 g/mol. The largest absolute Gasteiger partial charge is 0.466 e. The summed E-state index contributed by atoms with van der Waals surface area (Å²) >= 11 is 0. The lowest BCUT2D eigenvalue weighted by atomic mass is 10.1. The van der Waals surface area contributed by atoms with Gasteiger partial charge < -0.3 is 4.74 Å². The Morgan fingerprint density at radius 3 is 1.41 bits per heavy atom. The van der Waals surface area contributed by atoms with Crippen LogP contribution in [0.1, 0.15) is 49.9 Å². The van der Waals surface area contributed by atoms with Crippen molar-refractivity contribution < 1.29 is 19.1 Å². The Morgan fingerprint density at radius 1 is 0.750 bits per heavy atom. The van der Waals surface area contributed by atoms with Crippen LogP contribution in [0.4, 0.5) is 0 Å². The lowest BCUT2D eigenvalue weighted by molar-refractivity contribution is -0.140. The molecule has 0 aliphatic rings. The highest BCUT2D eigenvalue weighted by molar-refractivity contribution is 5.94. The molecule has 0 radical (unpaired) electrons. The van der Waals surface area contributed by atoms with E-state index in [0.717, 1.165) is 11.1 Å². The van der Waals surface area contributed by atoms with Crippen molar-refractivity contribution in [3.05, 3.63) is 70.8 Å². The number of rotatable bonds is 1. The maximum Gasteiger partial charge on any atom is 0.302 e. The minimum Gasteiger partial charge on any atom is -0.466 e. The number of carbonyl (C=O) groups is 3. The minimum absolute atomic E-state index is 0.180. The fraction of sp³-hybridized carbons (Fsp3) is 0.179. The molecule has 0 atom stereocenters. The molecule has 0 fully saturated rings. The highest BCUT2D eigenvalue weighted by Crippen LogP contribution is 2.02. The number of benzene rings is 2. The summed E-state index contributed by atoms with van der Waals surface area (Å²) in [4.78, 5) is 31.2. The molecule has 0 aromatic heterocycles. The SMILES string of the molecule is C#Cc1cccc(C#C)c1.CC(=O)C#Cc1cccc(C#CC(C)=O)c1.CCOC(C)=O. The second-order valence-corrected chi connectivity index (χ2v) is 5.99. The fourth-order valence-corrected chi connectivity index (χ4v) is 1.90. The highest BCUT2D eigenvalue weighted by atomic mass is 16.5. The summed E-state index contributed by atoms with van der Waals surface area (Å²) in [7, 11) is 0. The van der Waals surface area contributed by atoms with Crippen molar-refractivity contribution >= 4 is 17.5 Å². The van der Waals surface area contributed by atoms with Gasteiger partial charge in [0.25, 0.3) is 0 Å². The van der Waals surface area contributed by atoms with Crippen molar-refractivity contribution in [1.29, 1.82) is 0 Å². The Morgan fingerprint density at radius 2 is 1.12 bits per heavy atom. The van der Waals surface area contributed by atoms with Gasteiger partial charge in [0.15, 0.2) is 0 Å². The van der Waals surface area contributed by atoms with Crippen molar-refractivity contribution in [3.8, 4) is 48.4 Å². The van der Waals surface area contributed by atoms with E-state index in [4.69, 9.17) is 12.8 Å². The van der Waals surface area contributed by atoms with Crippen LogP contribution in [0, 0.1) is 48.4 Å². The van der Waals surface area contributed by atoms with Gasteiger partial charge in [-0.1, -0.05) is 35.8 Å². The third kappa shape index (κ3) is 14.5. The zero-order valence-electron chi connectivity index (χ0n) is 18.6. The molecular weight excluding hydrogens is 400 g/mol. The van der Waals surface area contributed by atoms with Crippen molar-refractivity contribution in [3.63, 3.8) is 0 Å². The number of hydrogen-bond donors (Lipinski definition) is 0. The van der Waals surface area contributed by atoms with Crippen LogP contribution < -0.4 is 0 Å². The predicted molar refractivity (Wildman–Crippen MR) is 126 cm³/mol. The lowest BCUT2D eigenvalue weighted by Gasteiger charge is -1.91. The number of esters is 1. The normalized spacial score (nSPS) is 7.94. The van der Waals surface area contributed by atoms with E-state index in [1.807, 2.05) is 18.2 Å². The maximum absolute atomic E-state index is 10.7. The molecule has 0 bridgehead atoms. The third-order valence-corrected chi connectivity index (χ3v) is 3.17. The van der Waals surface area contributed by atoms with Crippen molar-refractivity contribution in [2.45, 2.75) is 27.7 Å². The molecule has 0 spiro atoms. The van der Waals surface area contributed by atoms with Gasteiger partial charge in [0.2, 0.25) is 11.6 Å². The van der Waals surface area contributed by atoms with Gasteiger partial charge in [0.05, 0.1) is 6.61 Å². The van der Waals surface area contributed by atoms with Crippen LogP contribution >= 0.6 is 0 Å². The number of ether oxygens (including phenoxy) is 1. The molecule has 2 rings (SSSR count). The van der Waals surface area contributed by atoms with E-state index < -0.39 is 0 Å². The van der Waals surface area contributed by atoms with E-state index in [-0.39, 0.29) is 17.5 Å². The first kappa shape index (κ1) is 27.5. The minimum atomic E-state index is -0.211. The lowest BCUT2D eigenvalue weighted by Crippen LogP contribution is -1.95. The van der Waals surface area contributed by atoms with Gasteiger partial charge >= 0.3 is 5.97 Å². The van der Waals surface area contributed by atoms with E-state index in [1.165, 1.54) is 20.8 Å². The van der Waals surface area contributed by atoms with Crippen LogP contribution in [0.5, 0.6) is 0 Å². The quantitative estimate of drug-likeness (QED) is 0.516. The van der Waals surface area contributed by atoms with Crippen LogP contribution in [0.3, 0.4) is 0 Å². The van der Waals surface area contributed by atoms with Crippen molar-refractivity contribution in [1.82, 2.24) is 0 Å². The summed E-state index contributed by atoms with van der Waals surface area (Å²) in [6.45, 7) is 6.47. The van der Waals surface area contributed by atoms with Crippen molar-refractivity contribution in [2.75, 3.05) is 6.61 Å². The predicted octanol–water partition coefficient (Wildman–Crippen LogP) is 3.79. The van der Waals surface area contributed by atoms with Gasteiger partial charge in [0.1, 0.15) is 0 Å². The standard InChI is InChI=1S/C14H10O2.C10H6.C4H8O2/c1-11(15)6-8-13-4-3-5-14(10-13)9-7-12(2)16;1-3-9-6-5-7-10(4-2)8-9;1-3-6-4(2)5/h3-5,10H,1-2H3;1-2,5-8H;3H2,1-2H3. The zero-order chi connectivity index (χ0) is 24.4. The second kappa shape index (κ2) is 16.3. The first-order chi connectivity index (χ1) is 15.2. The highest BCUT2D eigenvalue weighted by Gasteiger charge is 1.91. The summed E-state index contributed by atoms with van der Waals surface area (Å²) in [5, 5.41) is 0. The molecule has 0 heterocycles. The van der Waals surface area contributed by atoms with Crippen LogP contribution in [0.15, 0.2) is 48.5 Å². The summed E-state index contributed by atoms with van der Waals surface area (Å²) < 4.78 is 4.40. The van der Waals surface area contributed by atoms with E-state index in [2.05, 4.69) is 40.3 Å². The van der Waals surface area contributed by atoms with Crippen LogP contribution in [0.25, 0.3) is 0 Å². The summed E-state index contributed by atoms with van der Waals surface area (Å²) in [5.74, 6) is 14.8. The van der Waals surface area contributed by atoms with Gasteiger partial charge in [-0.2, -0.15) is 0 Å². The molecule has 2 aromatic carbocycles. The van der Waals surface area contributed by atoms with Crippen LogP contribution in [-0.2, 0) is 19.1 Å². The Bertz CT molecular complexity index is 1070. The molecule has 0 amide bonds. The molecule has 32 heavy (non-hydrogen) atoms. The van der Waals surface area contributed by atoms with Crippen molar-refractivity contribution in [2.24, 2.45) is 0 Å². The van der Waals surface area contributed by atoms with E-state index >= 15 is 0 Å². The smallest absolute Gasteiger partial charge is 0.302 e. The molecule has 4 heteroatoms. The van der Waals surface area contributed by atoms with Gasteiger partial charge in [-0.05, 0) is 55.2 Å². The zero-order valence-corrected chi connectivity index (χ0v) is 18.6. The molecular formula is C28H24O4. The monoisotopic (exact) mass is 424 g/mol. The average Bonchev–Trinajstić information content (AvgIpc) is 2.77. The van der Waals surface area contributed by atoms with Crippen LogP contribution in [-0.4, -0.2) is 24.1 Å². The van der Waals surface area contributed by atoms with E-state index in [1.54, 1.807) is 37.3 Å². The molecule has 0 aliphatic carbocycles. The maximum atomic E-state index is 10.7. The Kier molecular flexibility index (Phi) is 14.0. The molecule has 0 unspecified atom stereocenters. The van der Waals surface area contributed by atoms with Gasteiger partial charge in [-0.15, -0.1) is 12.8 Å². The third-order valence-electron chi connectivity index (χ3n) is 3.17. The van der Waals surface area contributed by atoms with E-state index in [9.17, 15) is 14.4 Å². The molecule has 0 saturated carbocycles. The molecule has 160 valence electrons. The number of ketones is 2. The summed E-state index contributed by atoms with van der Waals surface area (Å²) in [6, 6.07) is 14.5. The topological polar surface area (TPSA) is 60.4 Å². The summed E-state index contributed by atoms with van der Waals surface area (Å²) in [5.41, 5.74) is 3.09. The Labute approximate surface area is 190 Å². The first-order valence-corrected chi connectivity index (χ1v) is 9.53. The molecule has 4 nitrogen and oxygen atoms in total. The van der Waals surface area contributed by atoms with E-state index in [0.29, 0.717) is 17.7 Å². The number of carbonyl (C=O) groups excluding carboxylic acids is 3. The molecule has 0 aliphatic heterocycles. The van der Waals surface area contributed by atoms with Crippen LogP contribution in [0.2, 0.25) is 0 Å². The van der Waals surface area contributed by atoms with Gasteiger partial charge in [-0.3, -0.25) is 14.4 Å². The fourth-order valence-electron chi connectivity index (χ4n) is 1.90. The number of hydrogen-bond acceptors (Lipinski definition) is 4. The van der Waals surface area contributed by atoms with Gasteiger partial charge in [0, 0.05) is 43.0 Å². The second-order valence-electron chi connectivity index (χ2n) is 5.99. The first-order valence-electron chi connectivity index (χ1n) is 9.53. The molecule has 0 N–H and O–H groups in total. The number of Topliss-reactive ketones (excluding diaryl/α,β-unsaturated/α-hetero) is 2. The summed E-state index contributed by atoms with van der Waals surface area (Å²) in [6.07, 6.45) is 10.3. The van der Waals surface area contributed by atoms with Gasteiger partial charge in [-0.25, -0.2) is 0 Å².